The number of hydrogen-bond acceptors (Lipinski definition) is 6. The number of pyridine rings is 1. The van der Waals surface area contributed by atoms with Crippen LogP contribution in [0.2, 0.25) is 0 Å². The second-order valence-electron chi connectivity index (χ2n) is 5.21. The molecule has 1 fully saturated rings. The van der Waals surface area contributed by atoms with E-state index in [9.17, 15) is 10.1 Å². The molecule has 20 heavy (non-hydrogen) atoms. The summed E-state index contributed by atoms with van der Waals surface area (Å²) in [6, 6.07) is 3.46. The van der Waals surface area contributed by atoms with Crippen molar-refractivity contribution < 1.29 is 4.92 Å². The SMILES string of the molecule is CN(CCNc1nc(N)ccc1[N+](=O)[O-])C1CCCC1. The van der Waals surface area contributed by atoms with Gasteiger partial charge in [-0.05, 0) is 26.0 Å². The van der Waals surface area contributed by atoms with Gasteiger partial charge in [0, 0.05) is 25.2 Å². The predicted molar refractivity (Wildman–Crippen MR) is 78.7 cm³/mol. The summed E-state index contributed by atoms with van der Waals surface area (Å²) in [6.07, 6.45) is 5.08. The molecule has 1 aliphatic rings. The minimum Gasteiger partial charge on any atom is -0.384 e. The van der Waals surface area contributed by atoms with Gasteiger partial charge in [0.05, 0.1) is 4.92 Å². The molecule has 0 bridgehead atoms. The molecule has 0 atom stereocenters. The lowest BCUT2D eigenvalue weighted by molar-refractivity contribution is -0.384. The first-order chi connectivity index (χ1) is 9.58. The van der Waals surface area contributed by atoms with E-state index in [0.29, 0.717) is 12.6 Å². The van der Waals surface area contributed by atoms with E-state index in [-0.39, 0.29) is 17.3 Å². The van der Waals surface area contributed by atoms with Crippen LogP contribution in [0.25, 0.3) is 0 Å². The van der Waals surface area contributed by atoms with Crippen LogP contribution in [0, 0.1) is 10.1 Å². The maximum absolute atomic E-state index is 10.9. The Bertz CT molecular complexity index is 474. The molecule has 0 spiro atoms. The van der Waals surface area contributed by atoms with Crippen molar-refractivity contribution in [3.63, 3.8) is 0 Å². The lowest BCUT2D eigenvalue weighted by Crippen LogP contribution is -2.33. The van der Waals surface area contributed by atoms with Crippen LogP contribution in [0.15, 0.2) is 12.1 Å². The topological polar surface area (TPSA) is 97.3 Å². The Morgan fingerprint density at radius 3 is 2.85 bits per heavy atom. The van der Waals surface area contributed by atoms with Gasteiger partial charge < -0.3 is 16.0 Å². The molecule has 110 valence electrons. The molecule has 0 aromatic carbocycles. The maximum Gasteiger partial charge on any atom is 0.311 e. The van der Waals surface area contributed by atoms with Gasteiger partial charge in [0.2, 0.25) is 5.82 Å². The summed E-state index contributed by atoms with van der Waals surface area (Å²) in [4.78, 5) is 16.8. The fourth-order valence-electron chi connectivity index (χ4n) is 2.62. The van der Waals surface area contributed by atoms with Crippen molar-refractivity contribution in [3.05, 3.63) is 22.2 Å². The average Bonchev–Trinajstić information content (AvgIpc) is 2.92. The van der Waals surface area contributed by atoms with E-state index in [2.05, 4.69) is 22.2 Å². The Morgan fingerprint density at radius 1 is 1.50 bits per heavy atom. The van der Waals surface area contributed by atoms with Gasteiger partial charge in [0.15, 0.2) is 0 Å². The molecule has 0 unspecified atom stereocenters. The lowest BCUT2D eigenvalue weighted by atomic mass is 10.2. The van der Waals surface area contributed by atoms with E-state index in [0.717, 1.165) is 6.54 Å². The van der Waals surface area contributed by atoms with Gasteiger partial charge in [-0.25, -0.2) is 4.98 Å². The lowest BCUT2D eigenvalue weighted by Gasteiger charge is -2.23. The summed E-state index contributed by atoms with van der Waals surface area (Å²) in [5.41, 5.74) is 5.54. The van der Waals surface area contributed by atoms with Crippen LogP contribution in [0.5, 0.6) is 0 Å². The zero-order valence-electron chi connectivity index (χ0n) is 11.7. The molecule has 2 rings (SSSR count). The van der Waals surface area contributed by atoms with Crippen LogP contribution in [-0.4, -0.2) is 41.0 Å². The highest BCUT2D eigenvalue weighted by molar-refractivity contribution is 5.59. The summed E-state index contributed by atoms with van der Waals surface area (Å²) < 4.78 is 0. The van der Waals surface area contributed by atoms with E-state index >= 15 is 0 Å². The second-order valence-corrected chi connectivity index (χ2v) is 5.21. The van der Waals surface area contributed by atoms with Crippen molar-refractivity contribution >= 4 is 17.3 Å². The van der Waals surface area contributed by atoms with Crippen molar-refractivity contribution in [2.75, 3.05) is 31.2 Å². The first-order valence-corrected chi connectivity index (χ1v) is 6.93. The normalized spacial score (nSPS) is 15.7. The van der Waals surface area contributed by atoms with Crippen LogP contribution in [-0.2, 0) is 0 Å². The molecule has 1 aliphatic carbocycles. The third-order valence-corrected chi connectivity index (χ3v) is 3.80. The molecule has 1 aromatic heterocycles. The van der Waals surface area contributed by atoms with Crippen molar-refractivity contribution in [2.24, 2.45) is 0 Å². The number of hydrogen-bond donors (Lipinski definition) is 2. The molecule has 1 heterocycles. The number of nitro groups is 1. The average molecular weight is 279 g/mol. The fourth-order valence-corrected chi connectivity index (χ4v) is 2.62. The van der Waals surface area contributed by atoms with Gasteiger partial charge >= 0.3 is 5.69 Å². The minimum absolute atomic E-state index is 0.0391. The molecule has 0 aliphatic heterocycles. The summed E-state index contributed by atoms with van der Waals surface area (Å²) in [5.74, 6) is 0.525. The van der Waals surface area contributed by atoms with E-state index in [1.54, 1.807) is 0 Å². The smallest absolute Gasteiger partial charge is 0.311 e. The van der Waals surface area contributed by atoms with Crippen LogP contribution in [0.3, 0.4) is 0 Å². The van der Waals surface area contributed by atoms with E-state index in [1.165, 1.54) is 37.8 Å². The Morgan fingerprint density at radius 2 is 2.20 bits per heavy atom. The Hall–Kier alpha value is -1.89. The highest BCUT2D eigenvalue weighted by Crippen LogP contribution is 2.24. The van der Waals surface area contributed by atoms with Crippen LogP contribution < -0.4 is 11.1 Å². The molecule has 1 saturated carbocycles. The number of nitrogens with zero attached hydrogens (tertiary/aromatic N) is 3. The standard InChI is InChI=1S/C13H21N5O2/c1-17(10-4-2-3-5-10)9-8-15-13-11(18(19)20)6-7-12(14)16-13/h6-7,10H,2-5,8-9H2,1H3,(H3,14,15,16). The van der Waals surface area contributed by atoms with Gasteiger partial charge in [-0.3, -0.25) is 10.1 Å². The third kappa shape index (κ3) is 3.57. The number of likely N-dealkylation sites (N-methyl/N-ethyl adjacent to an activating group) is 1. The largest absolute Gasteiger partial charge is 0.384 e. The fraction of sp³-hybridized carbons (Fsp3) is 0.615. The van der Waals surface area contributed by atoms with Crippen molar-refractivity contribution in [2.45, 2.75) is 31.7 Å². The van der Waals surface area contributed by atoms with Crippen LogP contribution >= 0.6 is 0 Å². The predicted octanol–water partition coefficient (Wildman–Crippen LogP) is 1.86. The second kappa shape index (κ2) is 6.51. The molecule has 0 radical (unpaired) electrons. The van der Waals surface area contributed by atoms with Crippen molar-refractivity contribution in [1.82, 2.24) is 9.88 Å². The molecule has 7 nitrogen and oxygen atoms in total. The number of nitrogens with one attached hydrogen (secondary N) is 1. The molecular formula is C13H21N5O2. The first kappa shape index (κ1) is 14.5. The highest BCUT2D eigenvalue weighted by atomic mass is 16.6. The molecule has 1 aromatic rings. The zero-order chi connectivity index (χ0) is 14.5. The molecule has 3 N–H and O–H groups in total. The van der Waals surface area contributed by atoms with E-state index < -0.39 is 4.92 Å². The number of rotatable bonds is 6. The summed E-state index contributed by atoms with van der Waals surface area (Å²) in [5, 5.41) is 13.9. The van der Waals surface area contributed by atoms with Gasteiger partial charge in [-0.2, -0.15) is 0 Å². The first-order valence-electron chi connectivity index (χ1n) is 6.93. The van der Waals surface area contributed by atoms with Gasteiger partial charge in [0.1, 0.15) is 5.82 Å². The highest BCUT2D eigenvalue weighted by Gasteiger charge is 2.20. The molecule has 0 saturated heterocycles. The van der Waals surface area contributed by atoms with Crippen LogP contribution in [0.1, 0.15) is 25.7 Å². The number of aromatic nitrogens is 1. The zero-order valence-corrected chi connectivity index (χ0v) is 11.7. The maximum atomic E-state index is 10.9. The van der Waals surface area contributed by atoms with Crippen molar-refractivity contribution in [1.29, 1.82) is 0 Å². The summed E-state index contributed by atoms with van der Waals surface area (Å²) in [6.45, 7) is 1.45. The van der Waals surface area contributed by atoms with E-state index in [1.807, 2.05) is 0 Å². The quantitative estimate of drug-likeness (QED) is 0.609. The Balaban J connectivity index is 1.90. The van der Waals surface area contributed by atoms with Crippen molar-refractivity contribution in [3.8, 4) is 0 Å². The molecule has 0 amide bonds. The van der Waals surface area contributed by atoms with Crippen LogP contribution in [0.4, 0.5) is 17.3 Å². The Kier molecular flexibility index (Phi) is 4.73. The van der Waals surface area contributed by atoms with Gasteiger partial charge in [-0.15, -0.1) is 0 Å². The Labute approximate surface area is 118 Å². The number of nitrogen functional groups attached to an aromatic ring is 1. The molecular weight excluding hydrogens is 258 g/mol. The third-order valence-electron chi connectivity index (χ3n) is 3.80. The van der Waals surface area contributed by atoms with Gasteiger partial charge in [0.25, 0.3) is 0 Å². The monoisotopic (exact) mass is 279 g/mol. The van der Waals surface area contributed by atoms with E-state index in [4.69, 9.17) is 5.73 Å². The summed E-state index contributed by atoms with van der Waals surface area (Å²) >= 11 is 0. The summed E-state index contributed by atoms with van der Waals surface area (Å²) in [7, 11) is 2.10. The molecule has 7 heteroatoms. The number of nitrogens with two attached hydrogens (primary N) is 1. The minimum atomic E-state index is -0.449. The number of anilines is 2. The van der Waals surface area contributed by atoms with Gasteiger partial charge in [-0.1, -0.05) is 12.8 Å².